The first-order valence-electron chi connectivity index (χ1n) is 12.3. The molecule has 4 aliphatic heterocycles. The van der Waals surface area contributed by atoms with E-state index in [2.05, 4.69) is 6.07 Å². The molecule has 1 saturated heterocycles. The Morgan fingerprint density at radius 2 is 1.86 bits per heavy atom. The maximum atomic E-state index is 14.1. The molecule has 0 saturated carbocycles. The normalized spacial score (nSPS) is 29.3. The van der Waals surface area contributed by atoms with Crippen molar-refractivity contribution in [1.82, 2.24) is 4.90 Å². The van der Waals surface area contributed by atoms with Gasteiger partial charge < -0.3 is 24.4 Å². The number of rotatable bonds is 4. The number of anilines is 1. The van der Waals surface area contributed by atoms with Gasteiger partial charge in [-0.1, -0.05) is 42.5 Å². The van der Waals surface area contributed by atoms with Crippen LogP contribution in [0.15, 0.2) is 60.7 Å². The molecule has 4 atom stereocenters. The van der Waals surface area contributed by atoms with Crippen LogP contribution in [0.1, 0.15) is 23.1 Å². The van der Waals surface area contributed by atoms with Crippen LogP contribution in [0.2, 0.25) is 0 Å². The van der Waals surface area contributed by atoms with Gasteiger partial charge in [0.25, 0.3) is 0 Å². The fourth-order valence-corrected chi connectivity index (χ4v) is 6.40. The third-order valence-electron chi connectivity index (χ3n) is 8.15. The van der Waals surface area contributed by atoms with Crippen LogP contribution >= 0.6 is 0 Å². The van der Waals surface area contributed by atoms with Gasteiger partial charge in [-0.3, -0.25) is 9.59 Å². The molecule has 35 heavy (non-hydrogen) atoms. The van der Waals surface area contributed by atoms with Gasteiger partial charge in [0.05, 0.1) is 12.5 Å². The number of aliphatic hydroxyl groups excluding tert-OH is 1. The monoisotopic (exact) mass is 470 g/mol. The molecule has 5 aliphatic rings. The highest BCUT2D eigenvalue weighted by molar-refractivity contribution is 6.11. The molecule has 1 aliphatic carbocycles. The van der Waals surface area contributed by atoms with Crippen LogP contribution in [0.5, 0.6) is 11.5 Å². The predicted molar refractivity (Wildman–Crippen MR) is 128 cm³/mol. The van der Waals surface area contributed by atoms with Crippen molar-refractivity contribution in [1.29, 1.82) is 0 Å². The van der Waals surface area contributed by atoms with Gasteiger partial charge in [0.15, 0.2) is 0 Å². The molecule has 0 aromatic heterocycles. The topological polar surface area (TPSA) is 79.3 Å². The zero-order chi connectivity index (χ0) is 23.7. The Morgan fingerprint density at radius 1 is 1.00 bits per heavy atom. The van der Waals surface area contributed by atoms with Gasteiger partial charge in [-0.05, 0) is 29.7 Å². The number of amides is 2. The minimum Gasteiger partial charge on any atom is -0.493 e. The summed E-state index contributed by atoms with van der Waals surface area (Å²) in [7, 11) is 0. The smallest absolute Gasteiger partial charge is 0.245 e. The fraction of sp³-hybridized carbons (Fsp3) is 0.357. The fourth-order valence-electron chi connectivity index (χ4n) is 6.40. The lowest BCUT2D eigenvalue weighted by atomic mass is 9.76. The van der Waals surface area contributed by atoms with Crippen molar-refractivity contribution in [2.24, 2.45) is 11.8 Å². The van der Waals surface area contributed by atoms with Crippen molar-refractivity contribution in [3.8, 4) is 11.5 Å². The summed E-state index contributed by atoms with van der Waals surface area (Å²) in [6, 6.07) is 11.9. The third kappa shape index (κ3) is 2.76. The molecule has 2 aromatic carbocycles. The second-order valence-electron chi connectivity index (χ2n) is 9.89. The van der Waals surface area contributed by atoms with Gasteiger partial charge in [-0.2, -0.15) is 0 Å². The van der Waals surface area contributed by atoms with Gasteiger partial charge in [-0.15, -0.1) is 0 Å². The van der Waals surface area contributed by atoms with Crippen LogP contribution in [0.3, 0.4) is 0 Å². The Balaban J connectivity index is 1.16. The van der Waals surface area contributed by atoms with Crippen molar-refractivity contribution in [3.63, 3.8) is 0 Å². The second kappa shape index (κ2) is 7.46. The van der Waals surface area contributed by atoms with Crippen molar-refractivity contribution in [2.45, 2.75) is 24.5 Å². The lowest BCUT2D eigenvalue weighted by Crippen LogP contribution is -2.44. The number of benzene rings is 2. The Labute approximate surface area is 203 Å². The third-order valence-corrected chi connectivity index (χ3v) is 8.15. The van der Waals surface area contributed by atoms with E-state index in [-0.39, 0.29) is 30.3 Å². The molecule has 4 unspecified atom stereocenters. The van der Waals surface area contributed by atoms with E-state index in [1.807, 2.05) is 59.5 Å². The van der Waals surface area contributed by atoms with E-state index >= 15 is 0 Å². The number of aliphatic hydroxyl groups is 1. The maximum Gasteiger partial charge on any atom is 0.245 e. The largest absolute Gasteiger partial charge is 0.493 e. The van der Waals surface area contributed by atoms with Crippen LogP contribution in [0.25, 0.3) is 0 Å². The molecule has 7 nitrogen and oxygen atoms in total. The second-order valence-corrected chi connectivity index (χ2v) is 9.89. The molecule has 2 amide bonds. The molecule has 4 heterocycles. The van der Waals surface area contributed by atoms with Crippen LogP contribution in [-0.4, -0.2) is 54.4 Å². The number of carbonyl (C=O) groups excluding carboxylic acids is 2. The highest BCUT2D eigenvalue weighted by Gasteiger charge is 2.57. The van der Waals surface area contributed by atoms with Crippen LogP contribution < -0.4 is 14.4 Å². The molecule has 0 radical (unpaired) electrons. The summed E-state index contributed by atoms with van der Waals surface area (Å²) >= 11 is 0. The number of para-hydroxylation sites is 1. The predicted octanol–water partition coefficient (Wildman–Crippen LogP) is 2.56. The molecule has 1 spiro atoms. The van der Waals surface area contributed by atoms with E-state index < -0.39 is 11.6 Å². The summed E-state index contributed by atoms with van der Waals surface area (Å²) < 4.78 is 11.8. The van der Waals surface area contributed by atoms with Gasteiger partial charge in [0, 0.05) is 42.7 Å². The molecular formula is C28H26N2O5. The van der Waals surface area contributed by atoms with E-state index in [1.54, 1.807) is 4.90 Å². The maximum absolute atomic E-state index is 14.1. The molecular weight excluding hydrogens is 444 g/mol. The summed E-state index contributed by atoms with van der Waals surface area (Å²) in [5.41, 5.74) is 3.01. The van der Waals surface area contributed by atoms with E-state index in [0.29, 0.717) is 31.9 Å². The first-order chi connectivity index (χ1) is 17.1. The van der Waals surface area contributed by atoms with Crippen molar-refractivity contribution in [3.05, 3.63) is 77.4 Å². The summed E-state index contributed by atoms with van der Waals surface area (Å²) in [6.45, 7) is 1.77. The molecule has 7 heteroatoms. The minimum atomic E-state index is -0.864. The number of likely N-dealkylation sites (tertiary alicyclic amines) is 1. The molecule has 7 rings (SSSR count). The number of hydrogen-bond acceptors (Lipinski definition) is 5. The standard InChI is InChI=1S/C28H26N2O5/c31-25-18-6-1-2-7-19(18)26(32)30(25)12-5-11-29-22-9-4-3-8-20(22)28(27(29)33)16-35-24-15-23-17(10-13-34-23)14-21(24)28/h1-4,6-9,14-15,18-19,25,31H,5,10-13,16H2. The average Bonchev–Trinajstić information content (AvgIpc) is 3.61. The summed E-state index contributed by atoms with van der Waals surface area (Å²) in [5.74, 6) is 1.000. The Kier molecular flexibility index (Phi) is 4.42. The van der Waals surface area contributed by atoms with Crippen LogP contribution in [0, 0.1) is 11.8 Å². The number of hydrogen-bond donors (Lipinski definition) is 1. The Morgan fingerprint density at radius 3 is 2.74 bits per heavy atom. The van der Waals surface area contributed by atoms with Crippen molar-refractivity contribution >= 4 is 17.5 Å². The van der Waals surface area contributed by atoms with Crippen molar-refractivity contribution in [2.75, 3.05) is 31.2 Å². The molecule has 2 aromatic rings. The number of ether oxygens (including phenoxy) is 2. The van der Waals surface area contributed by atoms with Crippen LogP contribution in [-0.2, 0) is 21.4 Å². The van der Waals surface area contributed by atoms with Gasteiger partial charge in [-0.25, -0.2) is 0 Å². The Hall–Kier alpha value is -3.58. The highest BCUT2D eigenvalue weighted by Crippen LogP contribution is 2.53. The first kappa shape index (κ1) is 20.8. The summed E-state index contributed by atoms with van der Waals surface area (Å²) in [4.78, 5) is 30.3. The zero-order valence-corrected chi connectivity index (χ0v) is 19.2. The number of allylic oxidation sites excluding steroid dienone is 2. The Bertz CT molecular complexity index is 1320. The van der Waals surface area contributed by atoms with Gasteiger partial charge in [0.2, 0.25) is 11.8 Å². The first-order valence-corrected chi connectivity index (χ1v) is 12.3. The van der Waals surface area contributed by atoms with Crippen LogP contribution in [0.4, 0.5) is 5.69 Å². The lowest BCUT2D eigenvalue weighted by molar-refractivity contribution is -0.134. The van der Waals surface area contributed by atoms with Gasteiger partial charge >= 0.3 is 0 Å². The van der Waals surface area contributed by atoms with E-state index in [0.717, 1.165) is 34.5 Å². The summed E-state index contributed by atoms with van der Waals surface area (Å²) in [5, 5.41) is 10.7. The zero-order valence-electron chi connectivity index (χ0n) is 19.2. The molecule has 1 N–H and O–H groups in total. The van der Waals surface area contributed by atoms with E-state index in [1.165, 1.54) is 0 Å². The SMILES string of the molecule is O=C1C2C=CC=CC2C(O)N1CCCN1C(=O)C2(COc3cc4c(cc32)CCO4)c2ccccc21. The number of carbonyl (C=O) groups is 2. The van der Waals surface area contributed by atoms with E-state index in [9.17, 15) is 14.7 Å². The van der Waals surface area contributed by atoms with Gasteiger partial charge in [0.1, 0.15) is 29.7 Å². The number of nitrogens with zero attached hydrogens (tertiary/aromatic N) is 2. The number of fused-ring (bicyclic) bond motifs is 6. The van der Waals surface area contributed by atoms with E-state index in [4.69, 9.17) is 9.47 Å². The average molecular weight is 471 g/mol. The minimum absolute atomic E-state index is 0.00384. The molecule has 1 fully saturated rings. The quantitative estimate of drug-likeness (QED) is 0.743. The summed E-state index contributed by atoms with van der Waals surface area (Å²) in [6.07, 6.45) is 8.06. The molecule has 178 valence electrons. The lowest BCUT2D eigenvalue weighted by Gasteiger charge is -2.25. The molecule has 0 bridgehead atoms. The van der Waals surface area contributed by atoms with Crippen molar-refractivity contribution < 1.29 is 24.2 Å². The highest BCUT2D eigenvalue weighted by atomic mass is 16.5.